The molecule has 0 aromatic heterocycles. The largest absolute Gasteiger partial charge is 0.325 e. The Hall–Kier alpha value is -2.53. The van der Waals surface area contributed by atoms with E-state index in [1.165, 1.54) is 0 Å². The van der Waals surface area contributed by atoms with Gasteiger partial charge in [0.1, 0.15) is 0 Å². The van der Waals surface area contributed by atoms with Crippen LogP contribution in [0.2, 0.25) is 0 Å². The molecule has 5 nitrogen and oxygen atoms in total. The highest BCUT2D eigenvalue weighted by atomic mass is 16.2. The molecule has 2 rings (SSSR count). The van der Waals surface area contributed by atoms with Crippen molar-refractivity contribution in [1.29, 1.82) is 0 Å². The van der Waals surface area contributed by atoms with E-state index in [0.29, 0.717) is 6.54 Å². The van der Waals surface area contributed by atoms with Crippen LogP contribution in [0.4, 0.5) is 17.1 Å². The number of nitrogens with one attached hydrogen (secondary N) is 1. The van der Waals surface area contributed by atoms with Crippen molar-refractivity contribution in [3.63, 3.8) is 0 Å². The maximum Gasteiger partial charge on any atom is 0.238 e. The zero-order valence-electron chi connectivity index (χ0n) is 13.6. The summed E-state index contributed by atoms with van der Waals surface area (Å²) in [6, 6.07) is 16.9. The Morgan fingerprint density at radius 2 is 1.48 bits per heavy atom. The lowest BCUT2D eigenvalue weighted by Crippen LogP contribution is -2.32. The first kappa shape index (κ1) is 16.8. The van der Waals surface area contributed by atoms with Gasteiger partial charge >= 0.3 is 0 Å². The molecule has 0 bridgehead atoms. The summed E-state index contributed by atoms with van der Waals surface area (Å²) >= 11 is 0. The van der Waals surface area contributed by atoms with Crippen molar-refractivity contribution in [3.8, 4) is 0 Å². The van der Waals surface area contributed by atoms with Crippen LogP contribution in [0, 0.1) is 0 Å². The summed E-state index contributed by atoms with van der Waals surface area (Å²) in [6.45, 7) is 6.22. The average Bonchev–Trinajstić information content (AvgIpc) is 2.60. The average molecular weight is 310 g/mol. The van der Waals surface area contributed by atoms with E-state index in [1.807, 2.05) is 68.4 Å². The molecule has 0 unspecified atom stereocenters. The number of carbonyl (C=O) groups excluding carboxylic acids is 1. The molecule has 0 heterocycles. The lowest BCUT2D eigenvalue weighted by atomic mass is 10.3. The Balaban J connectivity index is 1.92. The Morgan fingerprint density at radius 3 is 2.04 bits per heavy atom. The van der Waals surface area contributed by atoms with Crippen LogP contribution >= 0.6 is 0 Å². The summed E-state index contributed by atoms with van der Waals surface area (Å²) in [4.78, 5) is 14.0. The summed E-state index contributed by atoms with van der Waals surface area (Å²) < 4.78 is 0. The molecule has 120 valence electrons. The third-order valence-electron chi connectivity index (χ3n) is 3.45. The minimum Gasteiger partial charge on any atom is -0.325 e. The topological polar surface area (TPSA) is 57.1 Å². The van der Waals surface area contributed by atoms with Gasteiger partial charge in [0.25, 0.3) is 0 Å². The molecule has 1 N–H and O–H groups in total. The van der Waals surface area contributed by atoms with Crippen molar-refractivity contribution in [2.24, 2.45) is 10.2 Å². The van der Waals surface area contributed by atoms with E-state index in [2.05, 4.69) is 20.4 Å². The Morgan fingerprint density at radius 1 is 0.913 bits per heavy atom. The summed E-state index contributed by atoms with van der Waals surface area (Å²) in [5.74, 6) is -0.00707. The molecule has 0 radical (unpaired) electrons. The Labute approximate surface area is 137 Å². The zero-order valence-corrected chi connectivity index (χ0v) is 13.6. The number of amides is 1. The van der Waals surface area contributed by atoms with Gasteiger partial charge in [-0.1, -0.05) is 32.0 Å². The summed E-state index contributed by atoms with van der Waals surface area (Å²) in [5.41, 5.74) is 2.32. The molecule has 23 heavy (non-hydrogen) atoms. The van der Waals surface area contributed by atoms with Crippen LogP contribution in [0.3, 0.4) is 0 Å². The highest BCUT2D eigenvalue weighted by Crippen LogP contribution is 2.19. The van der Waals surface area contributed by atoms with Gasteiger partial charge in [0.2, 0.25) is 5.91 Å². The highest BCUT2D eigenvalue weighted by Gasteiger charge is 2.07. The minimum atomic E-state index is -0.00707. The summed E-state index contributed by atoms with van der Waals surface area (Å²) in [6.07, 6.45) is 0. The summed E-state index contributed by atoms with van der Waals surface area (Å²) in [5, 5.41) is 11.2. The van der Waals surface area contributed by atoms with Crippen LogP contribution < -0.4 is 5.32 Å². The van der Waals surface area contributed by atoms with Gasteiger partial charge in [0.15, 0.2) is 0 Å². The number of azo groups is 1. The predicted octanol–water partition coefficient (Wildman–Crippen LogP) is 4.38. The second-order valence-electron chi connectivity index (χ2n) is 5.09. The number of carbonyl (C=O) groups is 1. The molecule has 0 aliphatic rings. The van der Waals surface area contributed by atoms with Crippen molar-refractivity contribution in [2.45, 2.75) is 13.8 Å². The van der Waals surface area contributed by atoms with Crippen LogP contribution in [-0.4, -0.2) is 30.4 Å². The number of benzene rings is 2. The van der Waals surface area contributed by atoms with Crippen LogP contribution in [0.5, 0.6) is 0 Å². The SMILES string of the molecule is CCN(CC)CC(=O)Nc1ccc(/N=N/c2ccccc2)cc1. The van der Waals surface area contributed by atoms with E-state index < -0.39 is 0 Å². The standard InChI is InChI=1S/C18H22N4O/c1-3-22(4-2)14-18(23)19-15-10-12-17(13-11-15)21-20-16-8-6-5-7-9-16/h5-13H,3-4,14H2,1-2H3,(H,19,23)/b21-20+. The second kappa shape index (κ2) is 8.80. The van der Waals surface area contributed by atoms with Gasteiger partial charge < -0.3 is 5.32 Å². The monoisotopic (exact) mass is 310 g/mol. The second-order valence-corrected chi connectivity index (χ2v) is 5.09. The normalized spacial score (nSPS) is 11.1. The molecule has 0 saturated carbocycles. The number of likely N-dealkylation sites (N-methyl/N-ethyl adjacent to an activating group) is 1. The van der Waals surface area contributed by atoms with Crippen molar-refractivity contribution >= 4 is 23.0 Å². The number of nitrogens with zero attached hydrogens (tertiary/aromatic N) is 3. The van der Waals surface area contributed by atoms with Crippen LogP contribution in [0.15, 0.2) is 64.8 Å². The molecule has 5 heteroatoms. The predicted molar refractivity (Wildman–Crippen MR) is 93.5 cm³/mol. The van der Waals surface area contributed by atoms with Gasteiger partial charge in [-0.2, -0.15) is 10.2 Å². The molecule has 2 aromatic carbocycles. The number of anilines is 1. The Bertz CT molecular complexity index is 634. The lowest BCUT2D eigenvalue weighted by molar-refractivity contribution is -0.117. The maximum atomic E-state index is 11.9. The highest BCUT2D eigenvalue weighted by molar-refractivity contribution is 5.92. The van der Waals surface area contributed by atoms with Gasteiger partial charge in [-0.3, -0.25) is 9.69 Å². The molecular formula is C18H22N4O. The molecule has 0 atom stereocenters. The molecular weight excluding hydrogens is 288 g/mol. The van der Waals surface area contributed by atoms with Gasteiger partial charge in [0.05, 0.1) is 17.9 Å². The fourth-order valence-electron chi connectivity index (χ4n) is 2.07. The van der Waals surface area contributed by atoms with Crippen LogP contribution in [0.25, 0.3) is 0 Å². The van der Waals surface area contributed by atoms with Crippen LogP contribution in [0.1, 0.15) is 13.8 Å². The van der Waals surface area contributed by atoms with E-state index in [9.17, 15) is 4.79 Å². The van der Waals surface area contributed by atoms with Gasteiger partial charge in [0, 0.05) is 5.69 Å². The molecule has 0 saturated heterocycles. The van der Waals surface area contributed by atoms with Gasteiger partial charge in [-0.15, -0.1) is 0 Å². The first-order valence-corrected chi connectivity index (χ1v) is 7.80. The third kappa shape index (κ3) is 5.64. The summed E-state index contributed by atoms with van der Waals surface area (Å²) in [7, 11) is 0. The van der Waals surface area contributed by atoms with Crippen molar-refractivity contribution in [1.82, 2.24) is 4.90 Å². The van der Waals surface area contributed by atoms with E-state index in [1.54, 1.807) is 0 Å². The van der Waals surface area contributed by atoms with Gasteiger partial charge in [-0.25, -0.2) is 0 Å². The van der Waals surface area contributed by atoms with E-state index in [4.69, 9.17) is 0 Å². The third-order valence-corrected chi connectivity index (χ3v) is 3.45. The molecule has 2 aromatic rings. The fraction of sp³-hybridized carbons (Fsp3) is 0.278. The molecule has 0 spiro atoms. The molecule has 0 fully saturated rings. The Kier molecular flexibility index (Phi) is 6.44. The van der Waals surface area contributed by atoms with Crippen molar-refractivity contribution in [2.75, 3.05) is 25.0 Å². The molecule has 0 aliphatic carbocycles. The van der Waals surface area contributed by atoms with Crippen LogP contribution in [-0.2, 0) is 4.79 Å². The quantitative estimate of drug-likeness (QED) is 0.771. The van der Waals surface area contributed by atoms with Crippen molar-refractivity contribution < 1.29 is 4.79 Å². The lowest BCUT2D eigenvalue weighted by Gasteiger charge is -2.17. The van der Waals surface area contributed by atoms with E-state index >= 15 is 0 Å². The smallest absolute Gasteiger partial charge is 0.238 e. The number of rotatable bonds is 7. The fourth-order valence-corrected chi connectivity index (χ4v) is 2.07. The first-order chi connectivity index (χ1) is 11.2. The first-order valence-electron chi connectivity index (χ1n) is 7.80. The maximum absolute atomic E-state index is 11.9. The van der Waals surface area contributed by atoms with Crippen molar-refractivity contribution in [3.05, 3.63) is 54.6 Å². The minimum absolute atomic E-state index is 0.00707. The molecule has 0 aliphatic heterocycles. The van der Waals surface area contributed by atoms with E-state index in [0.717, 1.165) is 30.2 Å². The number of hydrogen-bond acceptors (Lipinski definition) is 4. The molecule has 1 amide bonds. The van der Waals surface area contributed by atoms with Gasteiger partial charge in [-0.05, 0) is 49.5 Å². The zero-order chi connectivity index (χ0) is 16.5. The number of hydrogen-bond donors (Lipinski definition) is 1. The van der Waals surface area contributed by atoms with E-state index in [-0.39, 0.29) is 5.91 Å².